The number of likely N-dealkylation sites (tertiary alicyclic amines) is 1. The quantitative estimate of drug-likeness (QED) is 0.564. The van der Waals surface area contributed by atoms with E-state index in [1.807, 2.05) is 30.3 Å². The molecule has 7 heteroatoms. The predicted molar refractivity (Wildman–Crippen MR) is 113 cm³/mol. The molecule has 0 N–H and O–H groups in total. The molecule has 2 aliphatic heterocycles. The number of hydroxylamine groups is 1. The Balaban J connectivity index is 1.52. The van der Waals surface area contributed by atoms with Crippen molar-refractivity contribution in [2.24, 2.45) is 5.92 Å². The Morgan fingerprint density at radius 3 is 2.23 bits per heavy atom. The Labute approximate surface area is 183 Å². The van der Waals surface area contributed by atoms with E-state index in [2.05, 4.69) is 0 Å². The first-order valence-electron chi connectivity index (χ1n) is 9.89. The second-order valence-electron chi connectivity index (χ2n) is 7.60. The van der Waals surface area contributed by atoms with Gasteiger partial charge in [-0.15, -0.1) is 0 Å². The molecule has 0 spiro atoms. The summed E-state index contributed by atoms with van der Waals surface area (Å²) < 4.78 is 13.6. The normalized spacial score (nSPS) is 22.8. The Kier molecular flexibility index (Phi) is 4.96. The number of anilines is 1. The molecule has 3 atom stereocenters. The maximum atomic E-state index is 13.6. The van der Waals surface area contributed by atoms with Crippen molar-refractivity contribution in [3.63, 3.8) is 0 Å². The highest BCUT2D eigenvalue weighted by atomic mass is 35.5. The van der Waals surface area contributed by atoms with Crippen LogP contribution in [0.4, 0.5) is 10.1 Å². The summed E-state index contributed by atoms with van der Waals surface area (Å²) in [5.74, 6) is -1.79. The lowest BCUT2D eigenvalue weighted by Gasteiger charge is -2.28. The maximum Gasteiger partial charge on any atom is 0.262 e. The molecule has 5 rings (SSSR count). The molecule has 5 nitrogen and oxygen atoms in total. The molecule has 2 fully saturated rings. The number of halogens is 2. The molecule has 0 unspecified atom stereocenters. The second-order valence-corrected chi connectivity index (χ2v) is 8.04. The van der Waals surface area contributed by atoms with Gasteiger partial charge in [-0.3, -0.25) is 19.3 Å². The van der Waals surface area contributed by atoms with Gasteiger partial charge in [-0.05, 0) is 47.5 Å². The summed E-state index contributed by atoms with van der Waals surface area (Å²) in [5, 5.41) is 2.12. The molecule has 0 aromatic heterocycles. The van der Waals surface area contributed by atoms with Gasteiger partial charge in [0.05, 0.1) is 18.3 Å². The van der Waals surface area contributed by atoms with Crippen LogP contribution in [0.15, 0.2) is 78.9 Å². The van der Waals surface area contributed by atoms with Gasteiger partial charge >= 0.3 is 0 Å². The minimum absolute atomic E-state index is 0.186. The zero-order valence-electron chi connectivity index (χ0n) is 16.3. The van der Waals surface area contributed by atoms with Gasteiger partial charge in [-0.2, -0.15) is 0 Å². The van der Waals surface area contributed by atoms with Crippen LogP contribution in [0.25, 0.3) is 0 Å². The third-order valence-electron chi connectivity index (χ3n) is 5.68. The minimum Gasteiger partial charge on any atom is -0.275 e. The summed E-state index contributed by atoms with van der Waals surface area (Å²) in [6.07, 6.45) is -0.943. The molecule has 2 amide bonds. The monoisotopic (exact) mass is 436 g/mol. The number of rotatable bonds is 4. The number of imide groups is 1. The van der Waals surface area contributed by atoms with E-state index >= 15 is 0 Å². The molecule has 0 radical (unpaired) electrons. The van der Waals surface area contributed by atoms with E-state index in [4.69, 9.17) is 16.4 Å². The lowest BCUT2D eigenvalue weighted by Crippen LogP contribution is -2.36. The Morgan fingerprint density at radius 2 is 1.55 bits per heavy atom. The van der Waals surface area contributed by atoms with Crippen LogP contribution in [0.5, 0.6) is 0 Å². The summed E-state index contributed by atoms with van der Waals surface area (Å²) >= 11 is 6.01. The van der Waals surface area contributed by atoms with E-state index in [0.717, 1.165) is 5.56 Å². The second kappa shape index (κ2) is 7.80. The van der Waals surface area contributed by atoms with Gasteiger partial charge in [-0.25, -0.2) is 9.45 Å². The van der Waals surface area contributed by atoms with Gasteiger partial charge in [0.2, 0.25) is 5.91 Å². The van der Waals surface area contributed by atoms with E-state index < -0.39 is 18.1 Å². The van der Waals surface area contributed by atoms with Crippen LogP contribution in [0.1, 0.15) is 17.2 Å². The maximum absolute atomic E-state index is 13.6. The summed E-state index contributed by atoms with van der Waals surface area (Å²) in [5.41, 5.74) is 2.20. The molecule has 3 aromatic carbocycles. The first kappa shape index (κ1) is 19.7. The van der Waals surface area contributed by atoms with Crippen molar-refractivity contribution < 1.29 is 18.8 Å². The zero-order chi connectivity index (χ0) is 21.5. The van der Waals surface area contributed by atoms with Crippen LogP contribution in [0, 0.1) is 11.7 Å². The average Bonchev–Trinajstić information content (AvgIpc) is 3.28. The number of carbonyl (C=O) groups excluding carboxylic acids is 2. The van der Waals surface area contributed by atoms with Crippen LogP contribution in [0.2, 0.25) is 5.02 Å². The van der Waals surface area contributed by atoms with Crippen LogP contribution in [-0.4, -0.2) is 22.8 Å². The Hall–Kier alpha value is -3.22. The van der Waals surface area contributed by atoms with Gasteiger partial charge in [0.25, 0.3) is 5.91 Å². The van der Waals surface area contributed by atoms with Gasteiger partial charge in [-0.1, -0.05) is 54.1 Å². The highest BCUT2D eigenvalue weighted by Gasteiger charge is 2.59. The smallest absolute Gasteiger partial charge is 0.262 e. The highest BCUT2D eigenvalue weighted by Crippen LogP contribution is 2.47. The molecule has 2 saturated heterocycles. The molecular weight excluding hydrogens is 419 g/mol. The van der Waals surface area contributed by atoms with Crippen LogP contribution < -0.4 is 5.06 Å². The molecule has 0 saturated carbocycles. The third kappa shape index (κ3) is 3.48. The Bertz CT molecular complexity index is 1120. The number of carbonyl (C=O) groups is 2. The van der Waals surface area contributed by atoms with Crippen molar-refractivity contribution in [3.8, 4) is 0 Å². The lowest BCUT2D eigenvalue weighted by atomic mass is 9.90. The number of benzene rings is 3. The SMILES string of the molecule is O=C1[C@@H]2[C@H](ON(c3ccc(Cl)cc3)[C@H]2c2ccc(F)cc2)C(=O)N1Cc1ccccc1. The van der Waals surface area contributed by atoms with Gasteiger partial charge in [0.1, 0.15) is 11.7 Å². The van der Waals surface area contributed by atoms with Gasteiger partial charge in [0, 0.05) is 5.02 Å². The standard InChI is InChI=1S/C24H18ClFN2O3/c25-17-8-12-19(13-9-17)28-21(16-6-10-18(26)11-7-16)20-22(31-28)24(30)27(23(20)29)14-15-4-2-1-3-5-15/h1-13,20-22H,14H2/t20-,21-,22-/m0/s1. The molecule has 2 aliphatic rings. The van der Waals surface area contributed by atoms with Crippen molar-refractivity contribution in [2.75, 3.05) is 5.06 Å². The summed E-state index contributed by atoms with van der Waals surface area (Å²) in [7, 11) is 0. The topological polar surface area (TPSA) is 49.9 Å². The van der Waals surface area contributed by atoms with E-state index in [1.165, 1.54) is 17.0 Å². The molecule has 31 heavy (non-hydrogen) atoms. The Morgan fingerprint density at radius 1 is 0.871 bits per heavy atom. The molecule has 0 aliphatic carbocycles. The fourth-order valence-electron chi connectivity index (χ4n) is 4.20. The van der Waals surface area contributed by atoms with Crippen LogP contribution >= 0.6 is 11.6 Å². The van der Waals surface area contributed by atoms with Crippen molar-refractivity contribution in [3.05, 3.63) is 101 Å². The molecule has 156 valence electrons. The van der Waals surface area contributed by atoms with Crippen molar-refractivity contribution in [2.45, 2.75) is 18.7 Å². The van der Waals surface area contributed by atoms with E-state index in [1.54, 1.807) is 41.5 Å². The van der Waals surface area contributed by atoms with E-state index in [9.17, 15) is 14.0 Å². The van der Waals surface area contributed by atoms with Crippen molar-refractivity contribution in [1.82, 2.24) is 4.90 Å². The fraction of sp³-hybridized carbons (Fsp3) is 0.167. The number of hydrogen-bond donors (Lipinski definition) is 0. The molecule has 3 aromatic rings. The third-order valence-corrected chi connectivity index (χ3v) is 5.93. The van der Waals surface area contributed by atoms with Crippen molar-refractivity contribution >= 4 is 29.1 Å². The largest absolute Gasteiger partial charge is 0.275 e. The number of fused-ring (bicyclic) bond motifs is 1. The zero-order valence-corrected chi connectivity index (χ0v) is 17.1. The van der Waals surface area contributed by atoms with Gasteiger partial charge < -0.3 is 0 Å². The fourth-order valence-corrected chi connectivity index (χ4v) is 4.33. The molecule has 2 heterocycles. The molecular formula is C24H18ClFN2O3. The number of hydrogen-bond acceptors (Lipinski definition) is 4. The first-order chi connectivity index (χ1) is 15.0. The lowest BCUT2D eigenvalue weighted by molar-refractivity contribution is -0.143. The molecule has 0 bridgehead atoms. The summed E-state index contributed by atoms with van der Waals surface area (Å²) in [6.45, 7) is 0.186. The van der Waals surface area contributed by atoms with Crippen molar-refractivity contribution in [1.29, 1.82) is 0 Å². The number of amides is 2. The summed E-state index contributed by atoms with van der Waals surface area (Å²) in [6, 6.07) is 21.6. The van der Waals surface area contributed by atoms with Crippen LogP contribution in [-0.2, 0) is 21.0 Å². The average molecular weight is 437 g/mol. The predicted octanol–water partition coefficient (Wildman–Crippen LogP) is 4.53. The first-order valence-corrected chi connectivity index (χ1v) is 10.3. The van der Waals surface area contributed by atoms with E-state index in [0.29, 0.717) is 16.3 Å². The van der Waals surface area contributed by atoms with E-state index in [-0.39, 0.29) is 24.2 Å². The van der Waals surface area contributed by atoms with Crippen LogP contribution in [0.3, 0.4) is 0 Å². The highest BCUT2D eigenvalue weighted by molar-refractivity contribution is 6.30. The summed E-state index contributed by atoms with van der Waals surface area (Å²) in [4.78, 5) is 33.8. The minimum atomic E-state index is -0.943. The number of nitrogens with zero attached hydrogens (tertiary/aromatic N) is 2. The van der Waals surface area contributed by atoms with Gasteiger partial charge in [0.15, 0.2) is 6.10 Å².